The van der Waals surface area contributed by atoms with E-state index in [1.807, 2.05) is 11.8 Å². The van der Waals surface area contributed by atoms with Crippen molar-refractivity contribution in [1.29, 1.82) is 0 Å². The van der Waals surface area contributed by atoms with Crippen molar-refractivity contribution in [1.82, 2.24) is 0 Å². The van der Waals surface area contributed by atoms with Gasteiger partial charge in [0.05, 0.1) is 0 Å². The van der Waals surface area contributed by atoms with Crippen molar-refractivity contribution in [3.05, 3.63) is 11.1 Å². The van der Waals surface area contributed by atoms with Crippen molar-refractivity contribution >= 4 is 18.5 Å². The third kappa shape index (κ3) is 4.46. The molecule has 2 unspecified atom stereocenters. The molecule has 18 heavy (non-hydrogen) atoms. The van der Waals surface area contributed by atoms with Gasteiger partial charge in [0, 0.05) is 17.4 Å². The number of nitrogens with zero attached hydrogens (tertiary/aromatic N) is 1. The quantitative estimate of drug-likeness (QED) is 0.544. The molecule has 0 aliphatic heterocycles. The smallest absolute Gasteiger partial charge is 0.0490 e. The predicted octanol–water partition coefficient (Wildman–Crippen LogP) is 5.28. The zero-order chi connectivity index (χ0) is 12.8. The van der Waals surface area contributed by atoms with Crippen LogP contribution >= 0.6 is 11.8 Å². The fourth-order valence-corrected chi connectivity index (χ4v) is 4.11. The van der Waals surface area contributed by atoms with Crippen molar-refractivity contribution in [2.75, 3.05) is 5.75 Å². The zero-order valence-electron chi connectivity index (χ0n) is 11.7. The van der Waals surface area contributed by atoms with Crippen LogP contribution in [0.15, 0.2) is 16.1 Å². The first kappa shape index (κ1) is 14.2. The standard InChI is InChI=1S/C16H27NS/c1-3-4-5-13-6-7-14(10-13)11-18-12-16(17-2)15-8-9-15/h12-15H,2-11H2,1H3/b16-12-. The molecule has 0 heterocycles. The highest BCUT2D eigenvalue weighted by atomic mass is 32.2. The lowest BCUT2D eigenvalue weighted by molar-refractivity contribution is 0.463. The van der Waals surface area contributed by atoms with Gasteiger partial charge in [0.1, 0.15) is 0 Å². The van der Waals surface area contributed by atoms with Crippen LogP contribution in [0.2, 0.25) is 0 Å². The van der Waals surface area contributed by atoms with Gasteiger partial charge in [-0.2, -0.15) is 0 Å². The number of hydrogen-bond donors (Lipinski definition) is 0. The van der Waals surface area contributed by atoms with Crippen LogP contribution in [0.4, 0.5) is 0 Å². The second-order valence-electron chi connectivity index (χ2n) is 6.00. The van der Waals surface area contributed by atoms with E-state index in [4.69, 9.17) is 0 Å². The van der Waals surface area contributed by atoms with Crippen LogP contribution in [-0.4, -0.2) is 12.5 Å². The zero-order valence-corrected chi connectivity index (χ0v) is 12.6. The minimum absolute atomic E-state index is 0.746. The number of aliphatic imine (C=N–C) groups is 1. The maximum atomic E-state index is 4.16. The summed E-state index contributed by atoms with van der Waals surface area (Å²) in [5.74, 6) is 4.03. The third-order valence-electron chi connectivity index (χ3n) is 4.33. The molecule has 0 aromatic heterocycles. The summed E-state index contributed by atoms with van der Waals surface area (Å²) in [6.45, 7) is 5.99. The number of rotatable bonds is 8. The molecule has 0 aromatic carbocycles. The van der Waals surface area contributed by atoms with Crippen LogP contribution in [0.1, 0.15) is 58.3 Å². The number of hydrogen-bond acceptors (Lipinski definition) is 2. The average molecular weight is 265 g/mol. The van der Waals surface area contributed by atoms with Gasteiger partial charge < -0.3 is 0 Å². The van der Waals surface area contributed by atoms with E-state index in [1.165, 1.54) is 62.8 Å². The van der Waals surface area contributed by atoms with Crippen molar-refractivity contribution in [3.63, 3.8) is 0 Å². The molecule has 0 saturated heterocycles. The summed E-state index contributed by atoms with van der Waals surface area (Å²) in [7, 11) is 0. The summed E-state index contributed by atoms with van der Waals surface area (Å²) in [6, 6.07) is 0. The van der Waals surface area contributed by atoms with E-state index in [-0.39, 0.29) is 0 Å². The van der Waals surface area contributed by atoms with Crippen molar-refractivity contribution in [2.45, 2.75) is 58.3 Å². The molecule has 2 fully saturated rings. The monoisotopic (exact) mass is 265 g/mol. The van der Waals surface area contributed by atoms with Crippen LogP contribution < -0.4 is 0 Å². The number of unbranched alkanes of at least 4 members (excludes halogenated alkanes) is 1. The van der Waals surface area contributed by atoms with Crippen LogP contribution in [0.3, 0.4) is 0 Å². The minimum atomic E-state index is 0.746. The van der Waals surface area contributed by atoms with Gasteiger partial charge in [-0.15, -0.1) is 11.8 Å². The summed E-state index contributed by atoms with van der Waals surface area (Å²) in [5.41, 5.74) is 1.25. The summed E-state index contributed by atoms with van der Waals surface area (Å²) >= 11 is 1.98. The molecule has 102 valence electrons. The second kappa shape index (κ2) is 7.37. The second-order valence-corrected chi connectivity index (χ2v) is 6.90. The van der Waals surface area contributed by atoms with Gasteiger partial charge in [-0.05, 0) is 49.6 Å². The Morgan fingerprint density at radius 3 is 2.72 bits per heavy atom. The first-order chi connectivity index (χ1) is 8.83. The van der Waals surface area contributed by atoms with E-state index in [0.29, 0.717) is 0 Å². The SMILES string of the molecule is C=N/C(=C\SCC1CCC(CCCC)C1)C1CC1. The van der Waals surface area contributed by atoms with Crippen LogP contribution in [0.25, 0.3) is 0 Å². The highest BCUT2D eigenvalue weighted by Crippen LogP contribution is 2.39. The lowest BCUT2D eigenvalue weighted by Crippen LogP contribution is -1.99. The highest BCUT2D eigenvalue weighted by Gasteiger charge is 2.26. The fourth-order valence-electron chi connectivity index (χ4n) is 3.00. The minimum Gasteiger partial charge on any atom is -0.268 e. The van der Waals surface area contributed by atoms with Gasteiger partial charge in [-0.1, -0.05) is 32.6 Å². The maximum absolute atomic E-state index is 4.16. The van der Waals surface area contributed by atoms with Crippen molar-refractivity contribution in [3.8, 4) is 0 Å². The van der Waals surface area contributed by atoms with Gasteiger partial charge >= 0.3 is 0 Å². The molecule has 0 N–H and O–H groups in total. The van der Waals surface area contributed by atoms with E-state index in [2.05, 4.69) is 24.0 Å². The molecule has 2 saturated carbocycles. The Morgan fingerprint density at radius 1 is 1.28 bits per heavy atom. The molecule has 2 atom stereocenters. The first-order valence-corrected chi connectivity index (χ1v) is 8.66. The molecule has 2 aliphatic rings. The molecule has 2 heteroatoms. The molecule has 0 amide bonds. The Balaban J connectivity index is 1.64. The maximum Gasteiger partial charge on any atom is 0.0490 e. The molecule has 2 aliphatic carbocycles. The van der Waals surface area contributed by atoms with Crippen LogP contribution in [0, 0.1) is 17.8 Å². The van der Waals surface area contributed by atoms with Gasteiger partial charge in [0.25, 0.3) is 0 Å². The molecule has 2 rings (SSSR count). The van der Waals surface area contributed by atoms with Crippen LogP contribution in [-0.2, 0) is 0 Å². The third-order valence-corrected chi connectivity index (χ3v) is 5.40. The van der Waals surface area contributed by atoms with Crippen LogP contribution in [0.5, 0.6) is 0 Å². The summed E-state index contributed by atoms with van der Waals surface area (Å²) in [6.07, 6.45) is 11.3. The summed E-state index contributed by atoms with van der Waals surface area (Å²) < 4.78 is 0. The normalized spacial score (nSPS) is 28.6. The lowest BCUT2D eigenvalue weighted by atomic mass is 10.00. The van der Waals surface area contributed by atoms with Gasteiger partial charge in [-0.3, -0.25) is 4.99 Å². The lowest BCUT2D eigenvalue weighted by Gasteiger charge is -2.09. The number of thioether (sulfide) groups is 1. The first-order valence-electron chi connectivity index (χ1n) is 7.61. The molecule has 0 bridgehead atoms. The van der Waals surface area contributed by atoms with Gasteiger partial charge in [-0.25, -0.2) is 0 Å². The molecule has 0 radical (unpaired) electrons. The average Bonchev–Trinajstić information content (AvgIpc) is 3.13. The molecule has 0 aromatic rings. The van der Waals surface area contributed by atoms with Crippen molar-refractivity contribution in [2.24, 2.45) is 22.7 Å². The largest absolute Gasteiger partial charge is 0.268 e. The molecule has 0 spiro atoms. The van der Waals surface area contributed by atoms with Crippen molar-refractivity contribution < 1.29 is 0 Å². The van der Waals surface area contributed by atoms with Gasteiger partial charge in [0.15, 0.2) is 0 Å². The van der Waals surface area contributed by atoms with E-state index in [9.17, 15) is 0 Å². The molecular weight excluding hydrogens is 238 g/mol. The number of allylic oxidation sites excluding steroid dienone is 1. The van der Waals surface area contributed by atoms with E-state index in [1.54, 1.807) is 0 Å². The van der Waals surface area contributed by atoms with E-state index in [0.717, 1.165) is 17.8 Å². The van der Waals surface area contributed by atoms with E-state index >= 15 is 0 Å². The Hall–Kier alpha value is -0.240. The predicted molar refractivity (Wildman–Crippen MR) is 83.2 cm³/mol. The topological polar surface area (TPSA) is 12.4 Å². The molecule has 1 nitrogen and oxygen atoms in total. The Labute approximate surface area is 117 Å². The Bertz CT molecular complexity index is 293. The summed E-state index contributed by atoms with van der Waals surface area (Å²) in [4.78, 5) is 4.16. The Morgan fingerprint density at radius 2 is 2.06 bits per heavy atom. The fraction of sp³-hybridized carbons (Fsp3) is 0.812. The molecular formula is C16H27NS. The highest BCUT2D eigenvalue weighted by molar-refractivity contribution is 8.02. The van der Waals surface area contributed by atoms with Gasteiger partial charge in [0.2, 0.25) is 0 Å². The Kier molecular flexibility index (Phi) is 5.81. The van der Waals surface area contributed by atoms with E-state index < -0.39 is 0 Å². The summed E-state index contributed by atoms with van der Waals surface area (Å²) in [5, 5.41) is 2.28.